The van der Waals surface area contributed by atoms with Crippen molar-refractivity contribution in [2.75, 3.05) is 19.6 Å². The first kappa shape index (κ1) is 19.7. The van der Waals surface area contributed by atoms with Crippen LogP contribution in [0.25, 0.3) is 6.08 Å². The van der Waals surface area contributed by atoms with Crippen molar-refractivity contribution in [3.63, 3.8) is 0 Å². The van der Waals surface area contributed by atoms with Crippen molar-refractivity contribution in [1.29, 1.82) is 0 Å². The van der Waals surface area contributed by atoms with Crippen molar-refractivity contribution in [2.45, 2.75) is 0 Å². The fourth-order valence-corrected chi connectivity index (χ4v) is 3.80. The molecule has 2 aromatic carbocycles. The maximum Gasteiger partial charge on any atom is 0.340 e. The van der Waals surface area contributed by atoms with Gasteiger partial charge in [0.05, 0.1) is 24.8 Å². The highest BCUT2D eigenvalue weighted by molar-refractivity contribution is 8.26. The smallest absolute Gasteiger partial charge is 0.340 e. The minimum atomic E-state index is -1.19. The van der Waals surface area contributed by atoms with Crippen LogP contribution in [0.2, 0.25) is 0 Å². The lowest BCUT2D eigenvalue weighted by molar-refractivity contribution is -0.121. The number of methoxy groups -OCH3 is 2. The van der Waals surface area contributed by atoms with E-state index in [0.29, 0.717) is 20.5 Å². The van der Waals surface area contributed by atoms with Crippen LogP contribution in [0.3, 0.4) is 0 Å². The van der Waals surface area contributed by atoms with Gasteiger partial charge in [-0.25, -0.2) is 9.80 Å². The predicted octanol–water partition coefficient (Wildman–Crippen LogP) is 3.63. The second-order valence-corrected chi connectivity index (χ2v) is 7.24. The molecule has 28 heavy (non-hydrogen) atoms. The first-order chi connectivity index (χ1) is 13.5. The van der Waals surface area contributed by atoms with E-state index in [9.17, 15) is 14.7 Å². The summed E-state index contributed by atoms with van der Waals surface area (Å²) in [5, 5.41) is 10.9. The Morgan fingerprint density at radius 1 is 1.18 bits per heavy atom. The van der Waals surface area contributed by atoms with Crippen molar-refractivity contribution < 1.29 is 24.2 Å². The van der Waals surface area contributed by atoms with Crippen LogP contribution < -0.4 is 14.9 Å². The van der Waals surface area contributed by atoms with E-state index in [4.69, 9.17) is 21.7 Å². The van der Waals surface area contributed by atoms with E-state index in [1.165, 1.54) is 25.3 Å². The number of carboxylic acids is 1. The van der Waals surface area contributed by atoms with Crippen molar-refractivity contribution in [3.8, 4) is 11.5 Å². The molecule has 0 bridgehead atoms. The lowest BCUT2D eigenvalue weighted by atomic mass is 10.0. The van der Waals surface area contributed by atoms with Gasteiger partial charge in [0.2, 0.25) is 0 Å². The van der Waals surface area contributed by atoms with Crippen LogP contribution in [0.1, 0.15) is 15.9 Å². The number of carbonyl (C=O) groups excluding carboxylic acids is 1. The van der Waals surface area contributed by atoms with Crippen LogP contribution in [-0.2, 0) is 4.79 Å². The highest BCUT2D eigenvalue weighted by Crippen LogP contribution is 2.37. The average Bonchev–Trinajstić information content (AvgIpc) is 2.95. The summed E-state index contributed by atoms with van der Waals surface area (Å²) >= 11 is 6.37. The molecule has 0 unspecified atom stereocenters. The third-order valence-electron chi connectivity index (χ3n) is 3.89. The van der Waals surface area contributed by atoms with Crippen molar-refractivity contribution in [2.24, 2.45) is 0 Å². The molecule has 0 saturated carbocycles. The molecule has 0 aromatic heterocycles. The number of ether oxygens (including phenoxy) is 2. The van der Waals surface area contributed by atoms with Crippen molar-refractivity contribution in [1.82, 2.24) is 5.01 Å². The quantitative estimate of drug-likeness (QED) is 0.545. The summed E-state index contributed by atoms with van der Waals surface area (Å²) in [6.45, 7) is 0. The van der Waals surface area contributed by atoms with E-state index in [-0.39, 0.29) is 23.0 Å². The number of nitrogens with zero attached hydrogens (tertiary/aromatic N) is 1. The van der Waals surface area contributed by atoms with Crippen LogP contribution in [0.5, 0.6) is 11.5 Å². The van der Waals surface area contributed by atoms with Gasteiger partial charge >= 0.3 is 5.97 Å². The molecule has 1 saturated heterocycles. The van der Waals surface area contributed by atoms with E-state index in [2.05, 4.69) is 5.43 Å². The third kappa shape index (κ3) is 3.80. The largest absolute Gasteiger partial charge is 0.493 e. The number of amides is 1. The second kappa shape index (κ2) is 8.32. The monoisotopic (exact) mass is 416 g/mol. The number of thioether (sulfide) groups is 1. The van der Waals surface area contributed by atoms with Crippen LogP contribution in [-0.4, -0.2) is 40.5 Å². The van der Waals surface area contributed by atoms with Gasteiger partial charge in [-0.05, 0) is 42.1 Å². The SMILES string of the molecule is COc1ccc(/C=C2/SC(=S)N(Nc3ccccc3)C2=O)c(C(=O)O)c1OC. The lowest BCUT2D eigenvalue weighted by Gasteiger charge is -2.16. The highest BCUT2D eigenvalue weighted by atomic mass is 32.2. The number of hydrazine groups is 1. The number of rotatable bonds is 6. The molecule has 3 rings (SSSR count). The Labute approximate surface area is 170 Å². The zero-order valence-electron chi connectivity index (χ0n) is 15.0. The minimum absolute atomic E-state index is 0.0849. The van der Waals surface area contributed by atoms with Crippen LogP contribution in [0, 0.1) is 0 Å². The topological polar surface area (TPSA) is 88.1 Å². The van der Waals surface area contributed by atoms with Gasteiger partial charge < -0.3 is 14.6 Å². The van der Waals surface area contributed by atoms with E-state index < -0.39 is 5.97 Å². The molecule has 144 valence electrons. The summed E-state index contributed by atoms with van der Waals surface area (Å²) in [7, 11) is 2.78. The molecule has 1 amide bonds. The predicted molar refractivity (Wildman–Crippen MR) is 112 cm³/mol. The van der Waals surface area contributed by atoms with E-state index in [0.717, 1.165) is 11.8 Å². The number of hydrogen-bond acceptors (Lipinski definition) is 7. The Hall–Kier alpha value is -3.04. The molecule has 2 aromatic rings. The summed E-state index contributed by atoms with van der Waals surface area (Å²) in [5.74, 6) is -1.19. The number of hydrogen-bond donors (Lipinski definition) is 2. The number of anilines is 1. The van der Waals surface area contributed by atoms with Crippen molar-refractivity contribution in [3.05, 3.63) is 58.5 Å². The summed E-state index contributed by atoms with van der Waals surface area (Å²) in [6.07, 6.45) is 1.48. The van der Waals surface area contributed by atoms with Crippen LogP contribution in [0.15, 0.2) is 47.4 Å². The molecule has 9 heteroatoms. The molecule has 2 N–H and O–H groups in total. The van der Waals surface area contributed by atoms with Gasteiger partial charge in [-0.2, -0.15) is 0 Å². The van der Waals surface area contributed by atoms with E-state index >= 15 is 0 Å². The summed E-state index contributed by atoms with van der Waals surface area (Å²) in [5.41, 5.74) is 3.88. The average molecular weight is 416 g/mol. The zero-order valence-corrected chi connectivity index (χ0v) is 16.6. The molecule has 1 heterocycles. The van der Waals surface area contributed by atoms with Gasteiger partial charge in [0, 0.05) is 0 Å². The molecular formula is C19H16N2O5S2. The number of para-hydroxylation sites is 1. The van der Waals surface area contributed by atoms with Gasteiger partial charge in [0.1, 0.15) is 5.56 Å². The first-order valence-corrected chi connectivity index (χ1v) is 9.26. The zero-order chi connectivity index (χ0) is 20.3. The number of benzene rings is 2. The maximum absolute atomic E-state index is 12.8. The molecule has 0 aliphatic carbocycles. The fourth-order valence-electron chi connectivity index (χ4n) is 2.63. The van der Waals surface area contributed by atoms with Gasteiger partial charge in [-0.3, -0.25) is 10.2 Å². The number of thiocarbonyl (C=S) groups is 1. The number of nitrogens with one attached hydrogen (secondary N) is 1. The lowest BCUT2D eigenvalue weighted by Crippen LogP contribution is -2.33. The van der Waals surface area contributed by atoms with Crippen molar-refractivity contribution >= 4 is 51.9 Å². The normalized spacial score (nSPS) is 15.1. The highest BCUT2D eigenvalue weighted by Gasteiger charge is 2.33. The molecule has 7 nitrogen and oxygen atoms in total. The summed E-state index contributed by atoms with van der Waals surface area (Å²) in [4.78, 5) is 24.9. The Balaban J connectivity index is 1.97. The molecule has 0 radical (unpaired) electrons. The Morgan fingerprint density at radius 3 is 2.50 bits per heavy atom. The molecule has 1 aliphatic heterocycles. The number of aromatic carboxylic acids is 1. The number of carbonyl (C=O) groups is 2. The maximum atomic E-state index is 12.8. The Bertz CT molecular complexity index is 976. The summed E-state index contributed by atoms with van der Waals surface area (Å²) in [6, 6.07) is 12.3. The summed E-state index contributed by atoms with van der Waals surface area (Å²) < 4.78 is 10.7. The first-order valence-electron chi connectivity index (χ1n) is 8.04. The molecule has 1 aliphatic rings. The third-order valence-corrected chi connectivity index (χ3v) is 5.19. The van der Waals surface area contributed by atoms with E-state index in [1.807, 2.05) is 18.2 Å². The van der Waals surface area contributed by atoms with Gasteiger partial charge in [0.15, 0.2) is 15.8 Å². The Morgan fingerprint density at radius 2 is 1.89 bits per heavy atom. The van der Waals surface area contributed by atoms with Gasteiger partial charge in [0.25, 0.3) is 5.91 Å². The fraction of sp³-hybridized carbons (Fsp3) is 0.105. The minimum Gasteiger partial charge on any atom is -0.493 e. The van der Waals surface area contributed by atoms with Gasteiger partial charge in [-0.15, -0.1) is 0 Å². The van der Waals surface area contributed by atoms with Crippen LogP contribution >= 0.6 is 24.0 Å². The molecule has 0 atom stereocenters. The van der Waals surface area contributed by atoms with Crippen LogP contribution in [0.4, 0.5) is 5.69 Å². The number of carboxylic acid groups (broad SMARTS) is 1. The molecular weight excluding hydrogens is 400 g/mol. The van der Waals surface area contributed by atoms with E-state index in [1.54, 1.807) is 24.3 Å². The standard InChI is InChI=1S/C19H16N2O5S2/c1-25-13-9-8-11(15(18(23)24)16(13)26-2)10-14-17(22)21(19(27)28-14)20-12-6-4-3-5-7-12/h3-10,20H,1-2H3,(H,23,24)/b14-10+. The van der Waals surface area contributed by atoms with Gasteiger partial charge in [-0.1, -0.05) is 36.0 Å². The second-order valence-electron chi connectivity index (χ2n) is 5.57. The molecule has 0 spiro atoms. The molecule has 1 fully saturated rings. The Kier molecular flexibility index (Phi) is 5.86.